The van der Waals surface area contributed by atoms with E-state index in [0.29, 0.717) is 35.2 Å². The topological polar surface area (TPSA) is 81.7 Å². The molecule has 0 aliphatic heterocycles. The predicted octanol–water partition coefficient (Wildman–Crippen LogP) is 4.49. The van der Waals surface area contributed by atoms with Gasteiger partial charge < -0.3 is 24.8 Å². The summed E-state index contributed by atoms with van der Waals surface area (Å²) < 4.78 is 15.9. The van der Waals surface area contributed by atoms with Crippen LogP contribution in [0.5, 0.6) is 17.2 Å². The number of rotatable bonds is 8. The van der Waals surface area contributed by atoms with Crippen molar-refractivity contribution in [3.05, 3.63) is 66.4 Å². The third kappa shape index (κ3) is 5.16. The maximum Gasteiger partial charge on any atom is 0.257 e. The molecule has 2 N–H and O–H groups in total. The molecule has 29 heavy (non-hydrogen) atoms. The van der Waals surface area contributed by atoms with Crippen LogP contribution in [-0.4, -0.2) is 31.7 Å². The van der Waals surface area contributed by atoms with Gasteiger partial charge in [-0.2, -0.15) is 0 Å². The summed E-state index contributed by atoms with van der Waals surface area (Å²) in [6.07, 6.45) is 1.52. The van der Waals surface area contributed by atoms with Crippen molar-refractivity contribution < 1.29 is 19.0 Å². The number of hydrogen-bond donors (Lipinski definition) is 2. The first-order chi connectivity index (χ1) is 14.1. The van der Waals surface area contributed by atoms with E-state index in [-0.39, 0.29) is 5.91 Å². The van der Waals surface area contributed by atoms with Crippen LogP contribution in [0.4, 0.5) is 17.2 Å². The van der Waals surface area contributed by atoms with Gasteiger partial charge in [-0.05, 0) is 55.5 Å². The van der Waals surface area contributed by atoms with Gasteiger partial charge >= 0.3 is 0 Å². The van der Waals surface area contributed by atoms with Crippen LogP contribution in [-0.2, 0) is 0 Å². The summed E-state index contributed by atoms with van der Waals surface area (Å²) in [6.45, 7) is 2.57. The average molecular weight is 393 g/mol. The summed E-state index contributed by atoms with van der Waals surface area (Å²) in [5, 5.41) is 6.01. The number of benzene rings is 2. The number of anilines is 3. The molecule has 3 aromatic rings. The molecule has 0 saturated heterocycles. The van der Waals surface area contributed by atoms with Gasteiger partial charge in [-0.25, -0.2) is 4.98 Å². The number of carbonyl (C=O) groups excluding carboxylic acids is 1. The Morgan fingerprint density at radius 2 is 1.66 bits per heavy atom. The normalized spacial score (nSPS) is 10.2. The Balaban J connectivity index is 1.64. The standard InChI is InChI=1S/C22H23N3O4/c1-4-29-18-9-6-16(7-10-18)24-21-12-5-15(14-23-21)22(26)25-17-8-11-19(27-2)20(13-17)28-3/h5-14H,4H2,1-3H3,(H,23,24)(H,25,26). The third-order valence-electron chi connectivity index (χ3n) is 4.10. The molecule has 150 valence electrons. The minimum absolute atomic E-state index is 0.266. The fourth-order valence-electron chi connectivity index (χ4n) is 2.67. The molecule has 0 aliphatic carbocycles. The van der Waals surface area contributed by atoms with Crippen molar-refractivity contribution in [3.8, 4) is 17.2 Å². The van der Waals surface area contributed by atoms with Gasteiger partial charge in [0.15, 0.2) is 11.5 Å². The lowest BCUT2D eigenvalue weighted by molar-refractivity contribution is 0.102. The van der Waals surface area contributed by atoms with Gasteiger partial charge in [0, 0.05) is 23.6 Å². The molecular weight excluding hydrogens is 370 g/mol. The number of nitrogens with zero attached hydrogens (tertiary/aromatic N) is 1. The molecule has 3 rings (SSSR count). The highest BCUT2D eigenvalue weighted by molar-refractivity contribution is 6.04. The average Bonchev–Trinajstić information content (AvgIpc) is 2.75. The molecule has 0 saturated carbocycles. The highest BCUT2D eigenvalue weighted by Gasteiger charge is 2.10. The van der Waals surface area contributed by atoms with Gasteiger partial charge in [-0.3, -0.25) is 4.79 Å². The van der Waals surface area contributed by atoms with Gasteiger partial charge in [0.1, 0.15) is 11.6 Å². The highest BCUT2D eigenvalue weighted by Crippen LogP contribution is 2.30. The van der Waals surface area contributed by atoms with Crippen molar-refractivity contribution in [2.75, 3.05) is 31.5 Å². The second kappa shape index (κ2) is 9.45. The zero-order valence-corrected chi connectivity index (χ0v) is 16.6. The molecule has 2 aromatic carbocycles. The zero-order chi connectivity index (χ0) is 20.6. The summed E-state index contributed by atoms with van der Waals surface area (Å²) in [6, 6.07) is 16.2. The van der Waals surface area contributed by atoms with Crippen molar-refractivity contribution in [1.82, 2.24) is 4.98 Å². The van der Waals surface area contributed by atoms with Crippen LogP contribution in [0, 0.1) is 0 Å². The zero-order valence-electron chi connectivity index (χ0n) is 16.6. The Hall–Kier alpha value is -3.74. The fraction of sp³-hybridized carbons (Fsp3) is 0.182. The van der Waals surface area contributed by atoms with Crippen LogP contribution in [0.25, 0.3) is 0 Å². The minimum Gasteiger partial charge on any atom is -0.494 e. The van der Waals surface area contributed by atoms with E-state index in [1.807, 2.05) is 31.2 Å². The van der Waals surface area contributed by atoms with Crippen molar-refractivity contribution in [2.24, 2.45) is 0 Å². The van der Waals surface area contributed by atoms with E-state index in [2.05, 4.69) is 15.6 Å². The second-order valence-electron chi connectivity index (χ2n) is 6.04. The number of ether oxygens (including phenoxy) is 3. The van der Waals surface area contributed by atoms with Crippen LogP contribution in [0.3, 0.4) is 0 Å². The molecule has 0 radical (unpaired) electrons. The molecule has 0 unspecified atom stereocenters. The first kappa shape index (κ1) is 20.0. The van der Waals surface area contributed by atoms with E-state index in [1.54, 1.807) is 44.6 Å². The number of carbonyl (C=O) groups is 1. The Kier molecular flexibility index (Phi) is 6.52. The van der Waals surface area contributed by atoms with Gasteiger partial charge in [0.25, 0.3) is 5.91 Å². The number of hydrogen-bond acceptors (Lipinski definition) is 6. The van der Waals surface area contributed by atoms with Crippen LogP contribution >= 0.6 is 0 Å². The highest BCUT2D eigenvalue weighted by atomic mass is 16.5. The Morgan fingerprint density at radius 1 is 0.931 bits per heavy atom. The first-order valence-corrected chi connectivity index (χ1v) is 9.12. The molecule has 0 spiro atoms. The number of amides is 1. The molecule has 7 nitrogen and oxygen atoms in total. The smallest absolute Gasteiger partial charge is 0.257 e. The Bertz CT molecular complexity index is 957. The maximum atomic E-state index is 12.5. The van der Waals surface area contributed by atoms with Crippen molar-refractivity contribution >= 4 is 23.1 Å². The monoisotopic (exact) mass is 393 g/mol. The lowest BCUT2D eigenvalue weighted by atomic mass is 10.2. The Morgan fingerprint density at radius 3 is 2.28 bits per heavy atom. The molecule has 0 atom stereocenters. The summed E-state index contributed by atoms with van der Waals surface area (Å²) in [5.41, 5.74) is 1.92. The van der Waals surface area contributed by atoms with E-state index < -0.39 is 0 Å². The summed E-state index contributed by atoms with van der Waals surface area (Å²) in [4.78, 5) is 16.8. The Labute approximate surface area is 169 Å². The van der Waals surface area contributed by atoms with Crippen LogP contribution in [0.2, 0.25) is 0 Å². The van der Waals surface area contributed by atoms with Gasteiger partial charge in [0.2, 0.25) is 0 Å². The van der Waals surface area contributed by atoms with Crippen molar-refractivity contribution in [2.45, 2.75) is 6.92 Å². The van der Waals surface area contributed by atoms with Gasteiger partial charge in [-0.15, -0.1) is 0 Å². The van der Waals surface area contributed by atoms with Gasteiger partial charge in [-0.1, -0.05) is 0 Å². The van der Waals surface area contributed by atoms with Crippen LogP contribution < -0.4 is 24.8 Å². The molecule has 1 heterocycles. The van der Waals surface area contributed by atoms with E-state index in [1.165, 1.54) is 6.20 Å². The van der Waals surface area contributed by atoms with Gasteiger partial charge in [0.05, 0.1) is 26.4 Å². The largest absolute Gasteiger partial charge is 0.494 e. The SMILES string of the molecule is CCOc1ccc(Nc2ccc(C(=O)Nc3ccc(OC)c(OC)c3)cn2)cc1. The summed E-state index contributed by atoms with van der Waals surface area (Å²) >= 11 is 0. The fourth-order valence-corrected chi connectivity index (χ4v) is 2.67. The number of pyridine rings is 1. The van der Waals surface area contributed by atoms with Crippen LogP contribution in [0.15, 0.2) is 60.8 Å². The second-order valence-corrected chi connectivity index (χ2v) is 6.04. The maximum absolute atomic E-state index is 12.5. The summed E-state index contributed by atoms with van der Waals surface area (Å²) in [5.74, 6) is 2.32. The van der Waals surface area contributed by atoms with Crippen molar-refractivity contribution in [1.29, 1.82) is 0 Å². The first-order valence-electron chi connectivity index (χ1n) is 9.12. The number of nitrogens with one attached hydrogen (secondary N) is 2. The third-order valence-corrected chi connectivity index (χ3v) is 4.10. The number of aromatic nitrogens is 1. The molecular formula is C22H23N3O4. The number of methoxy groups -OCH3 is 2. The quantitative estimate of drug-likeness (QED) is 0.587. The lowest BCUT2D eigenvalue weighted by Gasteiger charge is -2.11. The van der Waals surface area contributed by atoms with E-state index in [4.69, 9.17) is 14.2 Å². The molecule has 0 fully saturated rings. The predicted molar refractivity (Wildman–Crippen MR) is 113 cm³/mol. The van der Waals surface area contributed by atoms with E-state index in [0.717, 1.165) is 11.4 Å². The van der Waals surface area contributed by atoms with Crippen LogP contribution in [0.1, 0.15) is 17.3 Å². The van der Waals surface area contributed by atoms with E-state index >= 15 is 0 Å². The minimum atomic E-state index is -0.266. The molecule has 7 heteroatoms. The molecule has 0 aliphatic rings. The van der Waals surface area contributed by atoms with Crippen molar-refractivity contribution in [3.63, 3.8) is 0 Å². The van der Waals surface area contributed by atoms with E-state index in [9.17, 15) is 4.79 Å². The summed E-state index contributed by atoms with van der Waals surface area (Å²) in [7, 11) is 3.11. The molecule has 1 aromatic heterocycles. The molecule has 0 bridgehead atoms. The molecule has 1 amide bonds. The lowest BCUT2D eigenvalue weighted by Crippen LogP contribution is -2.12.